The van der Waals surface area contributed by atoms with Crippen molar-refractivity contribution in [3.63, 3.8) is 0 Å². The maximum Gasteiger partial charge on any atom is 0.250 e. The van der Waals surface area contributed by atoms with Crippen LogP contribution in [-0.4, -0.2) is 17.9 Å². The van der Waals surface area contributed by atoms with E-state index >= 15 is 0 Å². The molecule has 1 aromatic rings. The lowest BCUT2D eigenvalue weighted by atomic mass is 10.0. The van der Waals surface area contributed by atoms with E-state index in [1.807, 2.05) is 0 Å². The van der Waals surface area contributed by atoms with Crippen LogP contribution in [0, 0.1) is 11.7 Å². The number of ether oxygens (including phenoxy) is 1. The van der Waals surface area contributed by atoms with Crippen molar-refractivity contribution in [3.8, 4) is 5.88 Å². The number of pyridine rings is 1. The van der Waals surface area contributed by atoms with Crippen LogP contribution in [0.1, 0.15) is 24.2 Å². The number of carbonyl (C=O) groups excluding carboxylic acids is 1. The number of aromatic nitrogens is 1. The summed E-state index contributed by atoms with van der Waals surface area (Å²) in [7, 11) is 1.31. The number of ketones is 1. The SMILES string of the molecule is COc1nccc(C(=O)C(C)C)c1F. The second kappa shape index (κ2) is 4.17. The third-order valence-corrected chi connectivity index (χ3v) is 1.84. The predicted octanol–water partition coefficient (Wildman–Crippen LogP) is 2.07. The van der Waals surface area contributed by atoms with E-state index < -0.39 is 5.82 Å². The van der Waals surface area contributed by atoms with Gasteiger partial charge in [-0.1, -0.05) is 13.8 Å². The lowest BCUT2D eigenvalue weighted by molar-refractivity contribution is 0.0934. The van der Waals surface area contributed by atoms with Crippen molar-refractivity contribution in [2.45, 2.75) is 13.8 Å². The maximum atomic E-state index is 13.5. The van der Waals surface area contributed by atoms with Gasteiger partial charge < -0.3 is 4.74 Å². The van der Waals surface area contributed by atoms with E-state index in [0.717, 1.165) is 0 Å². The zero-order chi connectivity index (χ0) is 10.7. The number of nitrogens with zero attached hydrogens (tertiary/aromatic N) is 1. The standard InChI is InChI=1S/C10H12FNO2/c1-6(2)9(13)7-4-5-12-10(14-3)8(7)11/h4-6H,1-3H3. The van der Waals surface area contributed by atoms with E-state index in [2.05, 4.69) is 9.72 Å². The Morgan fingerprint density at radius 3 is 2.71 bits per heavy atom. The minimum absolute atomic E-state index is 0.0341. The number of Topliss-reactive ketones (excluding diaryl/α,β-unsaturated/α-hetero) is 1. The molecule has 0 N–H and O–H groups in total. The summed E-state index contributed by atoms with van der Waals surface area (Å²) in [5.74, 6) is -1.31. The van der Waals surface area contributed by atoms with Crippen molar-refractivity contribution in [3.05, 3.63) is 23.6 Å². The molecular weight excluding hydrogens is 185 g/mol. The van der Waals surface area contributed by atoms with Gasteiger partial charge in [0, 0.05) is 12.1 Å². The minimum atomic E-state index is -0.686. The van der Waals surface area contributed by atoms with Crippen molar-refractivity contribution in [2.24, 2.45) is 5.92 Å². The highest BCUT2D eigenvalue weighted by atomic mass is 19.1. The number of hydrogen-bond donors (Lipinski definition) is 0. The Bertz CT molecular complexity index is 350. The number of rotatable bonds is 3. The van der Waals surface area contributed by atoms with Crippen LogP contribution in [0.25, 0.3) is 0 Å². The first-order valence-electron chi connectivity index (χ1n) is 4.30. The Labute approximate surface area is 81.9 Å². The van der Waals surface area contributed by atoms with Gasteiger partial charge in [0.1, 0.15) is 0 Å². The summed E-state index contributed by atoms with van der Waals surface area (Å²) < 4.78 is 18.2. The van der Waals surface area contributed by atoms with Gasteiger partial charge in [0.05, 0.1) is 12.7 Å². The maximum absolute atomic E-state index is 13.5. The molecule has 4 heteroatoms. The summed E-state index contributed by atoms with van der Waals surface area (Å²) in [6.45, 7) is 3.43. The molecule has 0 amide bonds. The van der Waals surface area contributed by atoms with E-state index in [1.54, 1.807) is 13.8 Å². The number of carbonyl (C=O) groups is 1. The van der Waals surface area contributed by atoms with Crippen LogP contribution in [0.2, 0.25) is 0 Å². The molecule has 0 bridgehead atoms. The molecule has 1 heterocycles. The molecule has 0 aliphatic carbocycles. The molecule has 76 valence electrons. The van der Waals surface area contributed by atoms with Crippen molar-refractivity contribution in [1.29, 1.82) is 0 Å². The molecule has 0 atom stereocenters. The summed E-state index contributed by atoms with van der Waals surface area (Å²) in [6, 6.07) is 1.36. The molecule has 0 aromatic carbocycles. The summed E-state index contributed by atoms with van der Waals surface area (Å²) >= 11 is 0. The topological polar surface area (TPSA) is 39.2 Å². The molecule has 0 saturated carbocycles. The first-order chi connectivity index (χ1) is 6.57. The Balaban J connectivity index is 3.16. The second-order valence-corrected chi connectivity index (χ2v) is 3.20. The van der Waals surface area contributed by atoms with Crippen LogP contribution < -0.4 is 4.74 Å². The highest BCUT2D eigenvalue weighted by molar-refractivity contribution is 5.97. The molecule has 1 aromatic heterocycles. The van der Waals surface area contributed by atoms with Gasteiger partial charge in [0.25, 0.3) is 5.88 Å². The molecular formula is C10H12FNO2. The fourth-order valence-electron chi connectivity index (χ4n) is 1.07. The lowest BCUT2D eigenvalue weighted by Gasteiger charge is -2.07. The first kappa shape index (κ1) is 10.6. The fraction of sp³-hybridized carbons (Fsp3) is 0.400. The van der Waals surface area contributed by atoms with Gasteiger partial charge in [0.2, 0.25) is 0 Å². The highest BCUT2D eigenvalue weighted by Crippen LogP contribution is 2.19. The minimum Gasteiger partial charge on any atom is -0.479 e. The lowest BCUT2D eigenvalue weighted by Crippen LogP contribution is -2.11. The van der Waals surface area contributed by atoms with Crippen molar-refractivity contribution in [2.75, 3.05) is 7.11 Å². The third-order valence-electron chi connectivity index (χ3n) is 1.84. The molecule has 0 unspecified atom stereocenters. The van der Waals surface area contributed by atoms with Crippen LogP contribution >= 0.6 is 0 Å². The molecule has 0 aliphatic heterocycles. The Hall–Kier alpha value is -1.45. The molecule has 1 rings (SSSR count). The van der Waals surface area contributed by atoms with E-state index in [1.165, 1.54) is 19.4 Å². The monoisotopic (exact) mass is 197 g/mol. The Morgan fingerprint density at radius 2 is 2.21 bits per heavy atom. The van der Waals surface area contributed by atoms with Gasteiger partial charge in [-0.2, -0.15) is 0 Å². The van der Waals surface area contributed by atoms with Gasteiger partial charge in [0.15, 0.2) is 11.6 Å². The summed E-state index contributed by atoms with van der Waals surface area (Å²) in [5, 5.41) is 0. The average Bonchev–Trinajstić information content (AvgIpc) is 2.17. The quantitative estimate of drug-likeness (QED) is 0.696. The van der Waals surface area contributed by atoms with Crippen LogP contribution in [-0.2, 0) is 0 Å². The van der Waals surface area contributed by atoms with E-state index in [4.69, 9.17) is 0 Å². The highest BCUT2D eigenvalue weighted by Gasteiger charge is 2.18. The predicted molar refractivity (Wildman–Crippen MR) is 49.9 cm³/mol. The van der Waals surface area contributed by atoms with E-state index in [9.17, 15) is 9.18 Å². The van der Waals surface area contributed by atoms with Gasteiger partial charge >= 0.3 is 0 Å². The van der Waals surface area contributed by atoms with E-state index in [-0.39, 0.29) is 23.1 Å². The molecule has 0 aliphatic rings. The normalized spacial score (nSPS) is 10.4. The molecule has 0 saturated heterocycles. The van der Waals surface area contributed by atoms with Crippen molar-refractivity contribution < 1.29 is 13.9 Å². The van der Waals surface area contributed by atoms with E-state index in [0.29, 0.717) is 0 Å². The zero-order valence-electron chi connectivity index (χ0n) is 8.37. The fourth-order valence-corrected chi connectivity index (χ4v) is 1.07. The van der Waals surface area contributed by atoms with Gasteiger partial charge in [-0.15, -0.1) is 0 Å². The number of halogens is 1. The Morgan fingerprint density at radius 1 is 1.57 bits per heavy atom. The van der Waals surface area contributed by atoms with Crippen LogP contribution in [0.3, 0.4) is 0 Å². The smallest absolute Gasteiger partial charge is 0.250 e. The number of methoxy groups -OCH3 is 1. The summed E-state index contributed by atoms with van der Waals surface area (Å²) in [4.78, 5) is 15.2. The molecule has 0 radical (unpaired) electrons. The van der Waals surface area contributed by atoms with Gasteiger partial charge in [-0.3, -0.25) is 4.79 Å². The largest absolute Gasteiger partial charge is 0.479 e. The van der Waals surface area contributed by atoms with Crippen molar-refractivity contribution >= 4 is 5.78 Å². The van der Waals surface area contributed by atoms with Crippen molar-refractivity contribution in [1.82, 2.24) is 4.98 Å². The third kappa shape index (κ3) is 1.89. The molecule has 0 spiro atoms. The summed E-state index contributed by atoms with van der Waals surface area (Å²) in [6.07, 6.45) is 1.36. The first-order valence-corrected chi connectivity index (χ1v) is 4.30. The summed E-state index contributed by atoms with van der Waals surface area (Å²) in [5.41, 5.74) is 0.0341. The Kier molecular flexibility index (Phi) is 3.17. The van der Waals surface area contributed by atoms with Gasteiger partial charge in [-0.25, -0.2) is 9.37 Å². The van der Waals surface area contributed by atoms with Crippen LogP contribution in [0.5, 0.6) is 5.88 Å². The zero-order valence-corrected chi connectivity index (χ0v) is 8.37. The van der Waals surface area contributed by atoms with Crippen LogP contribution in [0.15, 0.2) is 12.3 Å². The molecule has 0 fully saturated rings. The molecule has 14 heavy (non-hydrogen) atoms. The number of hydrogen-bond acceptors (Lipinski definition) is 3. The second-order valence-electron chi connectivity index (χ2n) is 3.20. The van der Waals surface area contributed by atoms with Gasteiger partial charge in [-0.05, 0) is 6.07 Å². The average molecular weight is 197 g/mol. The molecule has 3 nitrogen and oxygen atoms in total. The van der Waals surface area contributed by atoms with Crippen LogP contribution in [0.4, 0.5) is 4.39 Å².